The lowest BCUT2D eigenvalue weighted by molar-refractivity contribution is -0.159. The molecule has 0 heterocycles. The molecule has 7 atom stereocenters. The van der Waals surface area contributed by atoms with Gasteiger partial charge in [0.15, 0.2) is 16.6 Å². The molecule has 20 heteroatoms. The van der Waals surface area contributed by atoms with E-state index >= 15 is 0 Å². The highest BCUT2D eigenvalue weighted by Gasteiger charge is 2.33. The molecular weight excluding hydrogens is 1010 g/mol. The van der Waals surface area contributed by atoms with Crippen molar-refractivity contribution in [1.82, 2.24) is 0 Å². The topological polar surface area (TPSA) is 167 Å². The molecule has 0 spiro atoms. The maximum absolute atomic E-state index is 12.7. The molecule has 13 nitrogen and oxygen atoms in total. The molecule has 0 saturated carbocycles. The summed E-state index contributed by atoms with van der Waals surface area (Å²) in [5.74, 6) is -1.79. The van der Waals surface area contributed by atoms with Gasteiger partial charge in [-0.3, -0.25) is 28.8 Å². The molecule has 0 aromatic heterocycles. The molecule has 0 N–H and O–H groups in total. The number of halogens is 3. The number of alkyl halides is 3. The van der Waals surface area contributed by atoms with E-state index < -0.39 is 61.2 Å². The number of carbonyl (C=O) groups excluding carboxylic acids is 6. The van der Waals surface area contributed by atoms with E-state index in [4.69, 9.17) is 32.5 Å². The summed E-state index contributed by atoms with van der Waals surface area (Å²) in [4.78, 5) is 71.9. The SMILES string of the molecule is CC(C)C(=O)OC(COC(=O)C(C)Br)CSCC(C)C(=O)OCCC[Si](C)(C)O[Si](C)(C)CCCOC(=O)C(C)CSCC(COC(=O)C(C)Br)OC(=O)C(C)Br. The zero-order chi connectivity index (χ0) is 43.9. The van der Waals surface area contributed by atoms with Gasteiger partial charge in [0, 0.05) is 23.0 Å². The second-order valence-corrected chi connectivity index (χ2v) is 30.5. The lowest BCUT2D eigenvalue weighted by atomic mass is 10.2. The van der Waals surface area contributed by atoms with Gasteiger partial charge in [-0.25, -0.2) is 0 Å². The van der Waals surface area contributed by atoms with Gasteiger partial charge in [-0.1, -0.05) is 75.5 Å². The minimum atomic E-state index is -2.06. The van der Waals surface area contributed by atoms with Gasteiger partial charge in [-0.2, -0.15) is 23.5 Å². The standard InChI is InChI=1S/C37H65Br3O13S2Si2/c1-24(2)32(41)51-30(18-49-35(44)27(5)38)22-54-20-25(3)33(42)47-14-12-16-56(8,9)53-57(10,11)17-13-15-48-34(43)26(4)21-55-23-31(52-37(46)29(7)40)19-50-36(45)28(6)39/h24-31H,12-23H2,1-11H3. The molecule has 0 aromatic carbocycles. The number of thioether (sulfide) groups is 2. The Balaban J connectivity index is 4.59. The van der Waals surface area contributed by atoms with Crippen LogP contribution in [0.2, 0.25) is 38.3 Å². The normalized spacial score (nSPS) is 15.6. The average molecular weight is 1080 g/mol. The second kappa shape index (κ2) is 29.6. The van der Waals surface area contributed by atoms with Crippen molar-refractivity contribution in [2.45, 2.75) is 126 Å². The molecule has 0 radical (unpaired) electrons. The molecule has 0 amide bonds. The maximum Gasteiger partial charge on any atom is 0.319 e. The molecule has 0 rings (SSSR count). The summed E-state index contributed by atoms with van der Waals surface area (Å²) in [5.41, 5.74) is 0. The summed E-state index contributed by atoms with van der Waals surface area (Å²) in [6.45, 7) is 21.1. The molecule has 0 aliphatic heterocycles. The number of hydrogen-bond donors (Lipinski definition) is 0. The van der Waals surface area contributed by atoms with Crippen LogP contribution in [-0.4, -0.2) is 129 Å². The van der Waals surface area contributed by atoms with Crippen LogP contribution in [0.4, 0.5) is 0 Å². The Labute approximate surface area is 375 Å². The first-order valence-electron chi connectivity index (χ1n) is 19.2. The van der Waals surface area contributed by atoms with Crippen molar-refractivity contribution in [3.05, 3.63) is 0 Å². The first-order valence-corrected chi connectivity index (χ1v) is 30.5. The van der Waals surface area contributed by atoms with Crippen molar-refractivity contribution in [1.29, 1.82) is 0 Å². The number of esters is 6. The van der Waals surface area contributed by atoms with Crippen LogP contribution in [0.3, 0.4) is 0 Å². The van der Waals surface area contributed by atoms with Gasteiger partial charge in [0.05, 0.1) is 31.0 Å². The van der Waals surface area contributed by atoms with Gasteiger partial charge >= 0.3 is 35.8 Å². The Hall–Kier alpha value is -0.646. The summed E-state index contributed by atoms with van der Waals surface area (Å²) < 4.78 is 39.3. The smallest absolute Gasteiger partial charge is 0.319 e. The Bertz CT molecular complexity index is 1170. The fraction of sp³-hybridized carbons (Fsp3) is 0.838. The largest absolute Gasteiger partial charge is 0.465 e. The van der Waals surface area contributed by atoms with E-state index in [1.165, 1.54) is 23.5 Å². The van der Waals surface area contributed by atoms with Gasteiger partial charge in [0.25, 0.3) is 0 Å². The third kappa shape index (κ3) is 27.8. The zero-order valence-electron chi connectivity index (χ0n) is 35.4. The summed E-state index contributed by atoms with van der Waals surface area (Å²) in [5, 5.41) is 0. The molecular formula is C37H65Br3O13S2Si2. The van der Waals surface area contributed by atoms with Crippen LogP contribution in [0.1, 0.15) is 61.3 Å². The van der Waals surface area contributed by atoms with Crippen LogP contribution < -0.4 is 0 Å². The van der Waals surface area contributed by atoms with Gasteiger partial charge in [0.2, 0.25) is 0 Å². The third-order valence-corrected chi connectivity index (χ3v) is 19.2. The van der Waals surface area contributed by atoms with Crippen LogP contribution in [0.15, 0.2) is 0 Å². The minimum absolute atomic E-state index is 0.0600. The first-order chi connectivity index (χ1) is 26.4. The summed E-state index contributed by atoms with van der Waals surface area (Å²) in [6, 6.07) is 1.65. The van der Waals surface area contributed by atoms with E-state index in [9.17, 15) is 28.8 Å². The lowest BCUT2D eigenvalue weighted by Gasteiger charge is -2.34. The highest BCUT2D eigenvalue weighted by atomic mass is 79.9. The molecule has 57 heavy (non-hydrogen) atoms. The van der Waals surface area contributed by atoms with E-state index in [1.54, 1.807) is 48.5 Å². The Morgan fingerprint density at radius 1 is 0.491 bits per heavy atom. The van der Waals surface area contributed by atoms with Crippen molar-refractivity contribution >= 4 is 124 Å². The maximum atomic E-state index is 12.7. The van der Waals surface area contributed by atoms with Gasteiger partial charge in [0.1, 0.15) is 39.9 Å². The lowest BCUT2D eigenvalue weighted by Crippen LogP contribution is -2.44. The Kier molecular flexibility index (Phi) is 29.2. The van der Waals surface area contributed by atoms with Crippen LogP contribution in [0.5, 0.6) is 0 Å². The molecule has 0 saturated heterocycles. The van der Waals surface area contributed by atoms with Crippen molar-refractivity contribution in [2.75, 3.05) is 49.4 Å². The van der Waals surface area contributed by atoms with E-state index in [1.807, 2.05) is 0 Å². The van der Waals surface area contributed by atoms with Crippen molar-refractivity contribution in [3.8, 4) is 0 Å². The Morgan fingerprint density at radius 3 is 1.18 bits per heavy atom. The Morgan fingerprint density at radius 2 is 0.842 bits per heavy atom. The highest BCUT2D eigenvalue weighted by molar-refractivity contribution is 9.10. The predicted octanol–water partition coefficient (Wildman–Crippen LogP) is 7.93. The summed E-state index contributed by atoms with van der Waals surface area (Å²) in [7, 11) is -4.13. The number of ether oxygens (including phenoxy) is 6. The quantitative estimate of drug-likeness (QED) is 0.0224. The second-order valence-electron chi connectivity index (χ2n) is 15.4. The molecule has 0 aliphatic rings. The monoisotopic (exact) mass is 1070 g/mol. The molecule has 332 valence electrons. The number of carbonyl (C=O) groups is 6. The van der Waals surface area contributed by atoms with Crippen molar-refractivity contribution in [2.24, 2.45) is 17.8 Å². The molecule has 0 bridgehead atoms. The van der Waals surface area contributed by atoms with Gasteiger partial charge in [-0.15, -0.1) is 0 Å². The number of hydrogen-bond acceptors (Lipinski definition) is 15. The summed E-state index contributed by atoms with van der Waals surface area (Å²) >= 11 is 12.4. The van der Waals surface area contributed by atoms with E-state index in [2.05, 4.69) is 74.0 Å². The molecule has 0 aliphatic carbocycles. The molecule has 0 fully saturated rings. The van der Waals surface area contributed by atoms with E-state index in [0.29, 0.717) is 49.1 Å². The van der Waals surface area contributed by atoms with Crippen molar-refractivity contribution in [3.63, 3.8) is 0 Å². The predicted molar refractivity (Wildman–Crippen MR) is 241 cm³/mol. The fourth-order valence-corrected chi connectivity index (χ4v) is 16.0. The third-order valence-electron chi connectivity index (χ3n) is 7.87. The van der Waals surface area contributed by atoms with E-state index in [-0.39, 0.29) is 48.9 Å². The van der Waals surface area contributed by atoms with Crippen LogP contribution >= 0.6 is 71.3 Å². The fourth-order valence-electron chi connectivity index (χ4n) is 4.73. The van der Waals surface area contributed by atoms with Crippen LogP contribution in [0, 0.1) is 17.8 Å². The van der Waals surface area contributed by atoms with Crippen LogP contribution in [0.25, 0.3) is 0 Å². The number of rotatable bonds is 30. The summed E-state index contributed by atoms with van der Waals surface area (Å²) in [6.07, 6.45) is 0.0954. The minimum Gasteiger partial charge on any atom is -0.465 e. The highest BCUT2D eigenvalue weighted by Crippen LogP contribution is 2.25. The zero-order valence-corrected chi connectivity index (χ0v) is 43.8. The molecule has 0 aromatic rings. The average Bonchev–Trinajstić information content (AvgIpc) is 3.11. The van der Waals surface area contributed by atoms with Gasteiger partial charge < -0.3 is 32.5 Å². The van der Waals surface area contributed by atoms with Crippen molar-refractivity contribution < 1.29 is 61.3 Å². The van der Waals surface area contributed by atoms with E-state index in [0.717, 1.165) is 12.1 Å². The molecule has 7 unspecified atom stereocenters. The van der Waals surface area contributed by atoms with Gasteiger partial charge in [-0.05, 0) is 71.9 Å². The van der Waals surface area contributed by atoms with Crippen LogP contribution in [-0.2, 0) is 61.3 Å². The first kappa shape index (κ1) is 56.4.